The molecule has 1 fully saturated rings. The van der Waals surface area contributed by atoms with Gasteiger partial charge in [-0.2, -0.15) is 5.10 Å². The fourth-order valence-corrected chi connectivity index (χ4v) is 3.20. The number of carboxylic acid groups (broad SMARTS) is 1. The summed E-state index contributed by atoms with van der Waals surface area (Å²) in [5.41, 5.74) is 2.40. The SMILES string of the molecule is Cc1c(C(C)NC(=O)C2CCC2C(=O)O)cnn1-c1ccc(F)cc1. The van der Waals surface area contributed by atoms with E-state index in [1.54, 1.807) is 23.0 Å². The number of nitrogens with zero attached hydrogens (tertiary/aromatic N) is 2. The van der Waals surface area contributed by atoms with Crippen LogP contribution in [0.4, 0.5) is 4.39 Å². The lowest BCUT2D eigenvalue weighted by Gasteiger charge is -2.32. The van der Waals surface area contributed by atoms with Crippen LogP contribution in [0.3, 0.4) is 0 Å². The van der Waals surface area contributed by atoms with Crippen LogP contribution < -0.4 is 5.32 Å². The Morgan fingerprint density at radius 1 is 1.28 bits per heavy atom. The van der Waals surface area contributed by atoms with Crippen LogP contribution >= 0.6 is 0 Å². The van der Waals surface area contributed by atoms with Gasteiger partial charge in [0.2, 0.25) is 5.91 Å². The number of aliphatic carboxylic acids is 1. The molecule has 0 aliphatic heterocycles. The van der Waals surface area contributed by atoms with Crippen molar-refractivity contribution in [2.45, 2.75) is 32.7 Å². The molecule has 1 aliphatic carbocycles. The Labute approximate surface area is 144 Å². The number of hydrogen-bond donors (Lipinski definition) is 2. The zero-order valence-electron chi connectivity index (χ0n) is 14.1. The first-order valence-corrected chi connectivity index (χ1v) is 8.22. The number of benzene rings is 1. The van der Waals surface area contributed by atoms with E-state index in [9.17, 15) is 14.0 Å². The highest BCUT2D eigenvalue weighted by molar-refractivity contribution is 5.86. The fourth-order valence-electron chi connectivity index (χ4n) is 3.20. The maximum Gasteiger partial charge on any atom is 0.307 e. The molecule has 6 nitrogen and oxygen atoms in total. The Bertz CT molecular complexity index is 800. The number of rotatable bonds is 5. The maximum absolute atomic E-state index is 13.1. The molecular formula is C18H20FN3O3. The van der Waals surface area contributed by atoms with Gasteiger partial charge in [-0.15, -0.1) is 0 Å². The molecule has 1 aliphatic rings. The fraction of sp³-hybridized carbons (Fsp3) is 0.389. The number of carbonyl (C=O) groups excluding carboxylic acids is 1. The number of amides is 1. The first-order valence-electron chi connectivity index (χ1n) is 8.22. The zero-order valence-corrected chi connectivity index (χ0v) is 14.1. The van der Waals surface area contributed by atoms with Gasteiger partial charge in [-0.05, 0) is 51.0 Å². The summed E-state index contributed by atoms with van der Waals surface area (Å²) in [5, 5.41) is 16.3. The van der Waals surface area contributed by atoms with E-state index < -0.39 is 17.8 Å². The Kier molecular flexibility index (Phi) is 4.57. The van der Waals surface area contributed by atoms with E-state index >= 15 is 0 Å². The predicted octanol–water partition coefficient (Wildman–Crippen LogP) is 2.61. The van der Waals surface area contributed by atoms with Crippen LogP contribution in [0.2, 0.25) is 0 Å². The first kappa shape index (κ1) is 17.1. The number of nitrogens with one attached hydrogen (secondary N) is 1. The molecule has 0 spiro atoms. The molecule has 3 unspecified atom stereocenters. The second kappa shape index (κ2) is 6.66. The van der Waals surface area contributed by atoms with Gasteiger partial charge in [0, 0.05) is 11.3 Å². The third-order valence-electron chi connectivity index (χ3n) is 4.87. The minimum absolute atomic E-state index is 0.236. The minimum atomic E-state index is -0.917. The molecular weight excluding hydrogens is 325 g/mol. The Balaban J connectivity index is 1.73. The lowest BCUT2D eigenvalue weighted by molar-refractivity contribution is -0.152. The third-order valence-corrected chi connectivity index (χ3v) is 4.87. The molecule has 25 heavy (non-hydrogen) atoms. The van der Waals surface area contributed by atoms with Crippen LogP contribution in [0.25, 0.3) is 5.69 Å². The van der Waals surface area contributed by atoms with Crippen molar-refractivity contribution < 1.29 is 19.1 Å². The maximum atomic E-state index is 13.1. The second-order valence-corrected chi connectivity index (χ2v) is 6.43. The molecule has 2 N–H and O–H groups in total. The van der Waals surface area contributed by atoms with Crippen LogP contribution in [-0.4, -0.2) is 26.8 Å². The van der Waals surface area contributed by atoms with Crippen LogP contribution in [-0.2, 0) is 9.59 Å². The first-order chi connectivity index (χ1) is 11.9. The van der Waals surface area contributed by atoms with Gasteiger partial charge in [0.15, 0.2) is 0 Å². The van der Waals surface area contributed by atoms with Crippen molar-refractivity contribution in [1.82, 2.24) is 15.1 Å². The number of carbonyl (C=O) groups is 2. The molecule has 1 aromatic carbocycles. The van der Waals surface area contributed by atoms with Crippen molar-refractivity contribution in [1.29, 1.82) is 0 Å². The van der Waals surface area contributed by atoms with E-state index in [0.29, 0.717) is 12.8 Å². The molecule has 0 radical (unpaired) electrons. The Morgan fingerprint density at radius 3 is 2.48 bits per heavy atom. The summed E-state index contributed by atoms with van der Waals surface area (Å²) in [6, 6.07) is 5.70. The number of hydrogen-bond acceptors (Lipinski definition) is 3. The van der Waals surface area contributed by atoms with Gasteiger partial charge >= 0.3 is 5.97 Å². The van der Waals surface area contributed by atoms with Gasteiger partial charge in [0.05, 0.1) is 29.8 Å². The van der Waals surface area contributed by atoms with E-state index in [1.807, 2.05) is 13.8 Å². The highest BCUT2D eigenvalue weighted by Gasteiger charge is 2.41. The van der Waals surface area contributed by atoms with Crippen molar-refractivity contribution in [3.05, 3.63) is 47.5 Å². The van der Waals surface area contributed by atoms with Gasteiger partial charge in [0.1, 0.15) is 5.82 Å². The number of halogens is 1. The van der Waals surface area contributed by atoms with E-state index in [1.165, 1.54) is 12.1 Å². The van der Waals surface area contributed by atoms with Crippen LogP contribution in [0.1, 0.15) is 37.1 Å². The molecule has 3 atom stereocenters. The summed E-state index contributed by atoms with van der Waals surface area (Å²) < 4.78 is 14.7. The number of aromatic nitrogens is 2. The Hall–Kier alpha value is -2.70. The summed E-state index contributed by atoms with van der Waals surface area (Å²) in [6.45, 7) is 3.71. The molecule has 1 saturated carbocycles. The van der Waals surface area contributed by atoms with Gasteiger partial charge in [-0.25, -0.2) is 9.07 Å². The average molecular weight is 345 g/mol. The van der Waals surface area contributed by atoms with E-state index in [-0.39, 0.29) is 17.8 Å². The summed E-state index contributed by atoms with van der Waals surface area (Å²) in [6.07, 6.45) is 2.81. The van der Waals surface area contributed by atoms with Gasteiger partial charge in [-0.1, -0.05) is 0 Å². The summed E-state index contributed by atoms with van der Waals surface area (Å²) in [5.74, 6) is -2.52. The van der Waals surface area contributed by atoms with Crippen molar-refractivity contribution in [3.63, 3.8) is 0 Å². The lowest BCUT2D eigenvalue weighted by atomic mass is 9.73. The molecule has 132 valence electrons. The molecule has 0 bridgehead atoms. The molecule has 1 heterocycles. The van der Waals surface area contributed by atoms with E-state index in [4.69, 9.17) is 5.11 Å². The molecule has 3 rings (SSSR count). The molecule has 7 heteroatoms. The van der Waals surface area contributed by atoms with E-state index in [0.717, 1.165) is 16.9 Å². The second-order valence-electron chi connectivity index (χ2n) is 6.43. The van der Waals surface area contributed by atoms with Crippen LogP contribution in [0.5, 0.6) is 0 Å². The van der Waals surface area contributed by atoms with Crippen LogP contribution in [0.15, 0.2) is 30.5 Å². The van der Waals surface area contributed by atoms with Gasteiger partial charge < -0.3 is 10.4 Å². The smallest absolute Gasteiger partial charge is 0.307 e. The largest absolute Gasteiger partial charge is 0.481 e. The quantitative estimate of drug-likeness (QED) is 0.872. The van der Waals surface area contributed by atoms with Gasteiger partial charge in [-0.3, -0.25) is 9.59 Å². The third kappa shape index (κ3) is 3.26. The molecule has 0 saturated heterocycles. The Morgan fingerprint density at radius 2 is 1.92 bits per heavy atom. The standard InChI is InChI=1S/C18H20FN3O3/c1-10(21-17(23)14-7-8-15(14)18(24)25)16-9-20-22(11(16)2)13-5-3-12(19)4-6-13/h3-6,9-10,14-15H,7-8H2,1-2H3,(H,21,23)(H,24,25). The molecule has 2 aromatic rings. The van der Waals surface area contributed by atoms with Crippen molar-refractivity contribution in [3.8, 4) is 5.69 Å². The molecule has 1 aromatic heterocycles. The highest BCUT2D eigenvalue weighted by atomic mass is 19.1. The monoisotopic (exact) mass is 345 g/mol. The summed E-state index contributed by atoms with van der Waals surface area (Å²) >= 11 is 0. The number of carboxylic acids is 1. The van der Waals surface area contributed by atoms with Crippen LogP contribution in [0, 0.1) is 24.6 Å². The van der Waals surface area contributed by atoms with Crippen molar-refractivity contribution in [2.24, 2.45) is 11.8 Å². The van der Waals surface area contributed by atoms with E-state index in [2.05, 4.69) is 10.4 Å². The lowest BCUT2D eigenvalue weighted by Crippen LogP contribution is -2.44. The summed E-state index contributed by atoms with van der Waals surface area (Å²) in [4.78, 5) is 23.4. The van der Waals surface area contributed by atoms with Crippen molar-refractivity contribution >= 4 is 11.9 Å². The topological polar surface area (TPSA) is 84.2 Å². The zero-order chi connectivity index (χ0) is 18.1. The average Bonchev–Trinajstić information content (AvgIpc) is 2.88. The van der Waals surface area contributed by atoms with Gasteiger partial charge in [0.25, 0.3) is 0 Å². The van der Waals surface area contributed by atoms with Crippen molar-refractivity contribution in [2.75, 3.05) is 0 Å². The molecule has 1 amide bonds. The highest BCUT2D eigenvalue weighted by Crippen LogP contribution is 2.35. The normalized spacial score (nSPS) is 20.6. The predicted molar refractivity (Wildman–Crippen MR) is 88.7 cm³/mol. The summed E-state index contributed by atoms with van der Waals surface area (Å²) in [7, 11) is 0. The minimum Gasteiger partial charge on any atom is -0.481 e.